The molecular formula is C44H36N4S4. The topological polar surface area (TPSA) is 49.4 Å². The highest BCUT2D eigenvalue weighted by Gasteiger charge is 2.31. The Bertz CT molecular complexity index is 2240. The van der Waals surface area contributed by atoms with Crippen molar-refractivity contribution < 1.29 is 0 Å². The zero-order valence-corrected chi connectivity index (χ0v) is 33.6. The van der Waals surface area contributed by atoms with Gasteiger partial charge >= 0.3 is 0 Å². The third-order valence-electron chi connectivity index (χ3n) is 10.2. The van der Waals surface area contributed by atoms with Crippen LogP contribution >= 0.6 is 45.3 Å². The van der Waals surface area contributed by atoms with E-state index in [1.54, 1.807) is 45.3 Å². The van der Waals surface area contributed by atoms with Gasteiger partial charge in [-0.15, -0.1) is 45.3 Å². The highest BCUT2D eigenvalue weighted by Crippen LogP contribution is 2.43. The van der Waals surface area contributed by atoms with Gasteiger partial charge in [0.15, 0.2) is 0 Å². The lowest BCUT2D eigenvalue weighted by Gasteiger charge is -2.14. The van der Waals surface area contributed by atoms with Gasteiger partial charge in [-0.25, -0.2) is 20.0 Å². The van der Waals surface area contributed by atoms with E-state index in [2.05, 4.69) is 126 Å². The quantitative estimate of drug-likeness (QED) is 0.200. The summed E-state index contributed by atoms with van der Waals surface area (Å²) in [6, 6.07) is 0. The minimum atomic E-state index is 0.918. The molecule has 52 heavy (non-hydrogen) atoms. The number of allylic oxidation sites excluding steroid dienone is 12. The van der Waals surface area contributed by atoms with Gasteiger partial charge in [-0.1, -0.05) is 0 Å². The fraction of sp³-hybridized carbons (Fsp3) is 0.182. The minimum absolute atomic E-state index is 0.918. The van der Waals surface area contributed by atoms with Gasteiger partial charge in [-0.05, 0) is 148 Å². The average Bonchev–Trinajstić information content (AvgIpc) is 3.98. The maximum atomic E-state index is 5.48. The fourth-order valence-corrected chi connectivity index (χ4v) is 11.3. The van der Waals surface area contributed by atoms with Gasteiger partial charge in [-0.3, -0.25) is 0 Å². The molecule has 0 atom stereocenters. The molecule has 0 radical (unpaired) electrons. The van der Waals surface area contributed by atoms with Crippen LogP contribution in [-0.4, -0.2) is 22.8 Å². The second-order valence-electron chi connectivity index (χ2n) is 13.8. The first-order valence-corrected chi connectivity index (χ1v) is 20.9. The maximum absolute atomic E-state index is 5.48. The molecule has 0 saturated heterocycles. The number of thiophene rings is 4. The van der Waals surface area contributed by atoms with Gasteiger partial charge in [0.2, 0.25) is 0 Å². The molecule has 256 valence electrons. The van der Waals surface area contributed by atoms with Gasteiger partial charge in [0.1, 0.15) is 0 Å². The van der Waals surface area contributed by atoms with Crippen LogP contribution in [0, 0.1) is 55.4 Å². The molecule has 0 amide bonds. The molecule has 4 aromatic rings. The SMILES string of the molecule is Cc1csc(C)c1C1=C2C=CC(=N2)C(c2c(C)csc2C)=C2C=CC(=N2)C(c2c(C)csc2C)=C2C=CC(=N2)C(c2c(C)csc2C)=C2C=CC1=N2. The molecule has 8 heteroatoms. The number of aliphatic imine (C=N–C) groups is 4. The highest BCUT2D eigenvalue weighted by atomic mass is 32.1. The van der Waals surface area contributed by atoms with Crippen LogP contribution in [-0.2, 0) is 0 Å². The number of aryl methyl sites for hydroxylation is 8. The molecule has 0 saturated carbocycles. The Kier molecular flexibility index (Phi) is 8.01. The second kappa shape index (κ2) is 12.5. The van der Waals surface area contributed by atoms with Crippen LogP contribution in [0.25, 0.3) is 22.3 Å². The summed E-state index contributed by atoms with van der Waals surface area (Å²) in [4.78, 5) is 27.0. The lowest BCUT2D eigenvalue weighted by atomic mass is 9.96. The molecule has 4 aromatic heterocycles. The van der Waals surface area contributed by atoms with E-state index in [1.807, 2.05) is 0 Å². The van der Waals surface area contributed by atoms with E-state index in [4.69, 9.17) is 20.0 Å². The Labute approximate surface area is 320 Å². The Morgan fingerprint density at radius 3 is 0.692 bits per heavy atom. The number of nitrogens with zero attached hydrogens (tertiary/aromatic N) is 4. The van der Waals surface area contributed by atoms with Crippen molar-refractivity contribution in [3.8, 4) is 0 Å². The third-order valence-corrected chi connectivity index (χ3v) is 14.4. The average molecular weight is 749 g/mol. The van der Waals surface area contributed by atoms with Crippen LogP contribution in [0.2, 0.25) is 0 Å². The summed E-state index contributed by atoms with van der Waals surface area (Å²) >= 11 is 7.11. The first-order valence-electron chi connectivity index (χ1n) is 17.3. The third kappa shape index (κ3) is 5.18. The first-order chi connectivity index (χ1) is 25.1. The Hall–Kier alpha value is -4.60. The second-order valence-corrected chi connectivity index (χ2v) is 18.1. The molecule has 0 spiro atoms. The standard InChI is InChI=1S/C44H36N4S4/c1-21-17-49-25(5)37(21)41-29-9-11-31(45-29)42(38-22(2)18-50-26(38)6)33-13-15-35(47-33)44(40-24(4)20-52-28(40)8)36-16-14-34(48-36)43(32-12-10-30(41)46-32)39-23(3)19-51-27(39)7/h9-20H,1-8H3. The van der Waals surface area contributed by atoms with Crippen molar-refractivity contribution >= 4 is 90.5 Å². The predicted octanol–water partition coefficient (Wildman–Crippen LogP) is 12.4. The fourth-order valence-electron chi connectivity index (χ4n) is 7.89. The van der Waals surface area contributed by atoms with Crippen molar-refractivity contribution in [1.82, 2.24) is 0 Å². The van der Waals surface area contributed by atoms with Gasteiger partial charge in [0.05, 0.1) is 45.6 Å². The monoisotopic (exact) mass is 748 g/mol. The van der Waals surface area contributed by atoms with Crippen molar-refractivity contribution in [3.05, 3.63) is 157 Å². The van der Waals surface area contributed by atoms with Gasteiger partial charge in [0.25, 0.3) is 0 Å². The van der Waals surface area contributed by atoms with Crippen LogP contribution in [0.3, 0.4) is 0 Å². The number of rotatable bonds is 4. The summed E-state index contributed by atoms with van der Waals surface area (Å²) in [5.41, 5.74) is 21.3. The van der Waals surface area contributed by atoms with Crippen molar-refractivity contribution in [2.75, 3.05) is 0 Å². The van der Waals surface area contributed by atoms with E-state index in [0.29, 0.717) is 0 Å². The van der Waals surface area contributed by atoms with Crippen molar-refractivity contribution in [1.29, 1.82) is 0 Å². The van der Waals surface area contributed by atoms with Crippen LogP contribution in [0.5, 0.6) is 0 Å². The first kappa shape index (κ1) is 33.3. The zero-order chi connectivity index (χ0) is 36.0. The van der Waals surface area contributed by atoms with Crippen LogP contribution in [0.4, 0.5) is 0 Å². The van der Waals surface area contributed by atoms with Crippen molar-refractivity contribution in [2.45, 2.75) is 55.4 Å². The van der Waals surface area contributed by atoms with E-state index < -0.39 is 0 Å². The van der Waals surface area contributed by atoms with Gasteiger partial charge in [0, 0.05) is 64.1 Å². The molecule has 5 aliphatic heterocycles. The number of fused-ring (bicyclic) bond motifs is 4. The van der Waals surface area contributed by atoms with Gasteiger partial charge < -0.3 is 0 Å². The molecule has 0 aromatic carbocycles. The molecule has 0 unspecified atom stereocenters. The summed E-state index contributed by atoms with van der Waals surface area (Å²) < 4.78 is 0. The van der Waals surface area contributed by atoms with Crippen LogP contribution in [0.1, 0.15) is 64.0 Å². The molecule has 0 fully saturated rings. The molecule has 0 N–H and O–H groups in total. The van der Waals surface area contributed by atoms with Crippen molar-refractivity contribution in [3.63, 3.8) is 0 Å². The van der Waals surface area contributed by atoms with E-state index in [1.165, 1.54) is 64.0 Å². The largest absolute Gasteiger partial charge is 0.248 e. The van der Waals surface area contributed by atoms with Crippen LogP contribution < -0.4 is 0 Å². The summed E-state index contributed by atoms with van der Waals surface area (Å²) in [5, 5.41) is 8.97. The normalized spacial score (nSPS) is 17.8. The zero-order valence-electron chi connectivity index (χ0n) is 30.4. The Morgan fingerprint density at radius 1 is 0.308 bits per heavy atom. The number of hydrogen-bond acceptors (Lipinski definition) is 8. The summed E-state index contributed by atoms with van der Waals surface area (Å²) in [5.74, 6) is 0. The van der Waals surface area contributed by atoms with Crippen LogP contribution in [0.15, 0.2) is 113 Å². The number of hydrogen-bond donors (Lipinski definition) is 0. The lowest BCUT2D eigenvalue weighted by molar-refractivity contribution is 1.37. The summed E-state index contributed by atoms with van der Waals surface area (Å²) in [6.07, 6.45) is 17.4. The van der Waals surface area contributed by atoms with E-state index >= 15 is 0 Å². The smallest absolute Gasteiger partial charge is 0.0738 e. The molecule has 0 aliphatic carbocycles. The van der Waals surface area contributed by atoms with E-state index in [9.17, 15) is 0 Å². The lowest BCUT2D eigenvalue weighted by Crippen LogP contribution is -2.05. The molecule has 8 bridgehead atoms. The Balaban J connectivity index is 1.42. The molecule has 9 rings (SSSR count). The molecule has 9 heterocycles. The maximum Gasteiger partial charge on any atom is 0.0738 e. The predicted molar refractivity (Wildman–Crippen MR) is 229 cm³/mol. The highest BCUT2D eigenvalue weighted by molar-refractivity contribution is 7.11. The van der Waals surface area contributed by atoms with E-state index in [-0.39, 0.29) is 0 Å². The molecule has 5 aliphatic rings. The van der Waals surface area contributed by atoms with E-state index in [0.717, 1.165) is 67.9 Å². The Morgan fingerprint density at radius 2 is 0.519 bits per heavy atom. The molecule has 4 nitrogen and oxygen atoms in total. The van der Waals surface area contributed by atoms with Crippen molar-refractivity contribution in [2.24, 2.45) is 20.0 Å². The minimum Gasteiger partial charge on any atom is -0.248 e. The molecular weight excluding hydrogens is 713 g/mol. The van der Waals surface area contributed by atoms with Gasteiger partial charge in [-0.2, -0.15) is 0 Å². The summed E-state index contributed by atoms with van der Waals surface area (Å²) in [7, 11) is 0. The summed E-state index contributed by atoms with van der Waals surface area (Å²) in [6.45, 7) is 17.6.